The number of carbonyl (C=O) groups is 1. The lowest BCUT2D eigenvalue weighted by Crippen LogP contribution is -2.28. The minimum Gasteiger partial charge on any atom is -0.309 e. The molecule has 0 N–H and O–H groups in total. The van der Waals surface area contributed by atoms with Crippen molar-refractivity contribution < 1.29 is 4.79 Å². The van der Waals surface area contributed by atoms with Crippen molar-refractivity contribution in [2.45, 2.75) is 6.92 Å². The number of hydrogen-bond donors (Lipinski definition) is 0. The second-order valence-corrected chi connectivity index (χ2v) is 5.03. The molecule has 0 aliphatic heterocycles. The van der Waals surface area contributed by atoms with Crippen molar-refractivity contribution in [2.75, 3.05) is 11.4 Å². The Kier molecular flexibility index (Phi) is 4.43. The maximum Gasteiger partial charge on any atom is 0.251 e. The Labute approximate surface area is 135 Å². The van der Waals surface area contributed by atoms with Gasteiger partial charge in [0.05, 0.1) is 22.9 Å². The van der Waals surface area contributed by atoms with Crippen LogP contribution in [0.5, 0.6) is 0 Å². The van der Waals surface area contributed by atoms with Crippen LogP contribution in [-0.4, -0.2) is 22.4 Å². The Morgan fingerprint density at radius 3 is 2.48 bits per heavy atom. The SMILES string of the molecule is CCN(C(=O)/C=C/c1cnc2ccccc2n1)c1ccccc1. The molecule has 114 valence electrons. The van der Waals surface area contributed by atoms with Gasteiger partial charge in [0, 0.05) is 18.3 Å². The zero-order valence-corrected chi connectivity index (χ0v) is 12.9. The van der Waals surface area contributed by atoms with E-state index in [9.17, 15) is 4.79 Å². The van der Waals surface area contributed by atoms with Crippen molar-refractivity contribution in [3.63, 3.8) is 0 Å². The van der Waals surface area contributed by atoms with Gasteiger partial charge in [0.1, 0.15) is 0 Å². The highest BCUT2D eigenvalue weighted by molar-refractivity contribution is 6.03. The second kappa shape index (κ2) is 6.83. The number of carbonyl (C=O) groups excluding carboxylic acids is 1. The third-order valence-corrected chi connectivity index (χ3v) is 3.51. The first-order valence-electron chi connectivity index (χ1n) is 7.54. The number of anilines is 1. The first-order valence-corrected chi connectivity index (χ1v) is 7.54. The van der Waals surface area contributed by atoms with Gasteiger partial charge in [-0.25, -0.2) is 4.98 Å². The van der Waals surface area contributed by atoms with Crippen LogP contribution in [0.4, 0.5) is 5.69 Å². The Bertz CT molecular complexity index is 843. The minimum atomic E-state index is -0.0753. The summed E-state index contributed by atoms with van der Waals surface area (Å²) in [7, 11) is 0. The largest absolute Gasteiger partial charge is 0.309 e. The molecule has 2 aromatic carbocycles. The van der Waals surface area contributed by atoms with Gasteiger partial charge in [-0.05, 0) is 37.3 Å². The molecule has 0 saturated carbocycles. The normalized spacial score (nSPS) is 11.0. The van der Waals surface area contributed by atoms with Gasteiger partial charge in [-0.2, -0.15) is 0 Å². The lowest BCUT2D eigenvalue weighted by atomic mass is 10.2. The fraction of sp³-hybridized carbons (Fsp3) is 0.105. The van der Waals surface area contributed by atoms with Crippen molar-refractivity contribution in [1.82, 2.24) is 9.97 Å². The number of aromatic nitrogens is 2. The van der Waals surface area contributed by atoms with E-state index in [2.05, 4.69) is 9.97 Å². The van der Waals surface area contributed by atoms with E-state index in [0.29, 0.717) is 12.2 Å². The van der Waals surface area contributed by atoms with E-state index in [0.717, 1.165) is 16.7 Å². The fourth-order valence-electron chi connectivity index (χ4n) is 2.37. The van der Waals surface area contributed by atoms with Crippen molar-refractivity contribution in [1.29, 1.82) is 0 Å². The van der Waals surface area contributed by atoms with E-state index < -0.39 is 0 Å². The summed E-state index contributed by atoms with van der Waals surface area (Å²) in [4.78, 5) is 22.9. The number of nitrogens with zero attached hydrogens (tertiary/aromatic N) is 3. The quantitative estimate of drug-likeness (QED) is 0.690. The smallest absolute Gasteiger partial charge is 0.251 e. The average molecular weight is 303 g/mol. The van der Waals surface area contributed by atoms with Gasteiger partial charge in [-0.1, -0.05) is 30.3 Å². The summed E-state index contributed by atoms with van der Waals surface area (Å²) in [5.74, 6) is -0.0753. The molecule has 0 radical (unpaired) electrons. The van der Waals surface area contributed by atoms with Crippen LogP contribution in [0, 0.1) is 0 Å². The highest BCUT2D eigenvalue weighted by Gasteiger charge is 2.10. The molecule has 1 amide bonds. The van der Waals surface area contributed by atoms with Crippen molar-refractivity contribution >= 4 is 28.7 Å². The lowest BCUT2D eigenvalue weighted by molar-refractivity contribution is -0.114. The van der Waals surface area contributed by atoms with Gasteiger partial charge in [-0.3, -0.25) is 9.78 Å². The Morgan fingerprint density at radius 2 is 1.74 bits per heavy atom. The summed E-state index contributed by atoms with van der Waals surface area (Å²) < 4.78 is 0. The average Bonchev–Trinajstić information content (AvgIpc) is 2.61. The molecular weight excluding hydrogens is 286 g/mol. The molecule has 0 aliphatic rings. The zero-order valence-electron chi connectivity index (χ0n) is 12.9. The van der Waals surface area contributed by atoms with Gasteiger partial charge in [0.15, 0.2) is 0 Å². The maximum absolute atomic E-state index is 12.4. The summed E-state index contributed by atoms with van der Waals surface area (Å²) in [6.45, 7) is 2.56. The number of hydrogen-bond acceptors (Lipinski definition) is 3. The molecule has 4 heteroatoms. The monoisotopic (exact) mass is 303 g/mol. The van der Waals surface area contributed by atoms with Crippen molar-refractivity contribution in [3.8, 4) is 0 Å². The molecule has 3 aromatic rings. The van der Waals surface area contributed by atoms with Gasteiger partial charge in [0.25, 0.3) is 5.91 Å². The molecule has 1 aromatic heterocycles. The standard InChI is InChI=1S/C19H17N3O/c1-2-22(16-8-4-3-5-9-16)19(23)13-12-15-14-20-17-10-6-7-11-18(17)21-15/h3-14H,2H2,1H3/b13-12+. The van der Waals surface area contributed by atoms with Crippen LogP contribution in [0.2, 0.25) is 0 Å². The number of rotatable bonds is 4. The number of amides is 1. The Hall–Kier alpha value is -3.01. The number of para-hydroxylation sites is 3. The highest BCUT2D eigenvalue weighted by Crippen LogP contribution is 2.14. The lowest BCUT2D eigenvalue weighted by Gasteiger charge is -2.19. The zero-order chi connectivity index (χ0) is 16.1. The summed E-state index contributed by atoms with van der Waals surface area (Å²) in [5, 5.41) is 0. The molecule has 0 fully saturated rings. The number of benzene rings is 2. The molecular formula is C19H17N3O. The van der Waals surface area contributed by atoms with E-state index in [-0.39, 0.29) is 5.91 Å². The predicted molar refractivity (Wildman–Crippen MR) is 93.0 cm³/mol. The van der Waals surface area contributed by atoms with Crippen molar-refractivity contribution in [2.24, 2.45) is 0 Å². The number of fused-ring (bicyclic) bond motifs is 1. The molecule has 0 spiro atoms. The van der Waals surface area contributed by atoms with Gasteiger partial charge in [-0.15, -0.1) is 0 Å². The van der Waals surface area contributed by atoms with E-state index >= 15 is 0 Å². The van der Waals surface area contributed by atoms with Gasteiger partial charge in [0.2, 0.25) is 0 Å². The summed E-state index contributed by atoms with van der Waals surface area (Å²) in [6.07, 6.45) is 4.91. The fourth-order valence-corrected chi connectivity index (χ4v) is 2.37. The third kappa shape index (κ3) is 3.43. The Morgan fingerprint density at radius 1 is 1.04 bits per heavy atom. The van der Waals surface area contributed by atoms with Gasteiger partial charge < -0.3 is 4.90 Å². The summed E-state index contributed by atoms with van der Waals surface area (Å²) in [6, 6.07) is 17.3. The van der Waals surface area contributed by atoms with Crippen LogP contribution in [0.15, 0.2) is 66.9 Å². The molecule has 0 atom stereocenters. The van der Waals surface area contributed by atoms with Crippen LogP contribution >= 0.6 is 0 Å². The maximum atomic E-state index is 12.4. The topological polar surface area (TPSA) is 46.1 Å². The summed E-state index contributed by atoms with van der Waals surface area (Å²) in [5.41, 5.74) is 3.21. The number of likely N-dealkylation sites (N-methyl/N-ethyl adjacent to an activating group) is 1. The van der Waals surface area contributed by atoms with Crippen LogP contribution in [0.3, 0.4) is 0 Å². The van der Waals surface area contributed by atoms with Crippen LogP contribution in [0.1, 0.15) is 12.6 Å². The predicted octanol–water partition coefficient (Wildman–Crippen LogP) is 3.70. The molecule has 4 nitrogen and oxygen atoms in total. The molecule has 3 rings (SSSR count). The first kappa shape index (κ1) is 14.9. The second-order valence-electron chi connectivity index (χ2n) is 5.03. The van der Waals surface area contributed by atoms with E-state index in [1.54, 1.807) is 17.2 Å². The van der Waals surface area contributed by atoms with Crippen molar-refractivity contribution in [3.05, 3.63) is 72.6 Å². The molecule has 23 heavy (non-hydrogen) atoms. The molecule has 0 aliphatic carbocycles. The minimum absolute atomic E-state index is 0.0753. The van der Waals surface area contributed by atoms with E-state index in [4.69, 9.17) is 0 Å². The van der Waals surface area contributed by atoms with Gasteiger partial charge >= 0.3 is 0 Å². The highest BCUT2D eigenvalue weighted by atomic mass is 16.2. The van der Waals surface area contributed by atoms with Crippen LogP contribution < -0.4 is 4.90 Å². The molecule has 0 unspecified atom stereocenters. The first-order chi connectivity index (χ1) is 11.3. The third-order valence-electron chi connectivity index (χ3n) is 3.51. The van der Waals surface area contributed by atoms with Crippen LogP contribution in [-0.2, 0) is 4.79 Å². The Balaban J connectivity index is 1.81. The van der Waals surface area contributed by atoms with E-state index in [1.807, 2.05) is 61.5 Å². The van der Waals surface area contributed by atoms with Crippen LogP contribution in [0.25, 0.3) is 17.1 Å². The molecule has 0 saturated heterocycles. The summed E-state index contributed by atoms with van der Waals surface area (Å²) >= 11 is 0. The van der Waals surface area contributed by atoms with E-state index in [1.165, 1.54) is 6.08 Å². The molecule has 1 heterocycles. The molecule has 0 bridgehead atoms.